The molecule has 0 spiro atoms. The molecular formula is C12H9Br2ClOS. The number of para-hydroxylation sites is 1. The van der Waals surface area contributed by atoms with Crippen LogP contribution in [0.15, 0.2) is 34.1 Å². The number of hydrogen-bond acceptors (Lipinski definition) is 2. The molecule has 0 aliphatic rings. The van der Waals surface area contributed by atoms with Crippen LogP contribution in [0.5, 0.6) is 5.75 Å². The van der Waals surface area contributed by atoms with E-state index in [-0.39, 0.29) is 0 Å². The highest BCUT2D eigenvalue weighted by Gasteiger charge is 2.09. The Balaban J connectivity index is 2.16. The molecule has 0 atom stereocenters. The molecule has 5 heteroatoms. The molecule has 90 valence electrons. The molecule has 0 fully saturated rings. The first kappa shape index (κ1) is 13.4. The van der Waals surface area contributed by atoms with Crippen LogP contribution in [0.2, 0.25) is 5.02 Å². The van der Waals surface area contributed by atoms with E-state index in [1.165, 1.54) is 0 Å². The number of benzene rings is 1. The van der Waals surface area contributed by atoms with Crippen molar-refractivity contribution < 1.29 is 4.74 Å². The summed E-state index contributed by atoms with van der Waals surface area (Å²) in [6.07, 6.45) is 0. The predicted molar refractivity (Wildman–Crippen MR) is 80.4 cm³/mol. The van der Waals surface area contributed by atoms with Crippen molar-refractivity contribution in [3.8, 4) is 5.75 Å². The summed E-state index contributed by atoms with van der Waals surface area (Å²) in [4.78, 5) is 1.16. The molecule has 1 nitrogen and oxygen atoms in total. The summed E-state index contributed by atoms with van der Waals surface area (Å²) < 4.78 is 6.88. The fourth-order valence-electron chi connectivity index (χ4n) is 1.39. The molecule has 1 aromatic carbocycles. The summed E-state index contributed by atoms with van der Waals surface area (Å²) in [7, 11) is 0. The van der Waals surface area contributed by atoms with E-state index < -0.39 is 0 Å². The zero-order chi connectivity index (χ0) is 12.3. The van der Waals surface area contributed by atoms with Gasteiger partial charge in [-0.25, -0.2) is 0 Å². The Morgan fingerprint density at radius 1 is 1.29 bits per heavy atom. The topological polar surface area (TPSA) is 9.23 Å². The van der Waals surface area contributed by atoms with E-state index in [0.29, 0.717) is 11.6 Å². The summed E-state index contributed by atoms with van der Waals surface area (Å²) in [6, 6.07) is 7.78. The van der Waals surface area contributed by atoms with Gasteiger partial charge in [0, 0.05) is 15.4 Å². The van der Waals surface area contributed by atoms with E-state index in [1.54, 1.807) is 11.3 Å². The second kappa shape index (κ2) is 6.23. The highest BCUT2D eigenvalue weighted by Crippen LogP contribution is 2.32. The van der Waals surface area contributed by atoms with Gasteiger partial charge < -0.3 is 4.74 Å². The number of rotatable bonds is 4. The van der Waals surface area contributed by atoms with E-state index >= 15 is 0 Å². The lowest BCUT2D eigenvalue weighted by atomic mass is 10.2. The molecule has 0 aliphatic carbocycles. The van der Waals surface area contributed by atoms with Gasteiger partial charge in [0.15, 0.2) is 0 Å². The summed E-state index contributed by atoms with van der Waals surface area (Å²) in [5.41, 5.74) is 1.06. The summed E-state index contributed by atoms with van der Waals surface area (Å²) in [5.74, 6) is 0.756. The van der Waals surface area contributed by atoms with Gasteiger partial charge in [0.2, 0.25) is 0 Å². The molecule has 0 radical (unpaired) electrons. The van der Waals surface area contributed by atoms with Gasteiger partial charge in [-0.3, -0.25) is 0 Å². The van der Waals surface area contributed by atoms with Gasteiger partial charge in [-0.2, -0.15) is 0 Å². The standard InChI is InChI=1S/C12H9Br2ClOS/c13-6-8-2-1-3-10(15)12(8)16-7-11-9(14)4-5-17-11/h1-5H,6-7H2. The lowest BCUT2D eigenvalue weighted by molar-refractivity contribution is 0.307. The van der Waals surface area contributed by atoms with Crippen molar-refractivity contribution in [2.75, 3.05) is 0 Å². The van der Waals surface area contributed by atoms with E-state index in [2.05, 4.69) is 31.9 Å². The molecular weight excluding hydrogens is 387 g/mol. The SMILES string of the molecule is Clc1cccc(CBr)c1OCc1sccc1Br. The van der Waals surface area contributed by atoms with Gasteiger partial charge in [0.05, 0.1) is 9.90 Å². The molecule has 0 aliphatic heterocycles. The van der Waals surface area contributed by atoms with Crippen LogP contribution in [-0.4, -0.2) is 0 Å². The first-order chi connectivity index (χ1) is 8.22. The van der Waals surface area contributed by atoms with Crippen molar-refractivity contribution in [2.24, 2.45) is 0 Å². The zero-order valence-electron chi connectivity index (χ0n) is 8.75. The number of halogens is 3. The molecule has 2 aromatic rings. The van der Waals surface area contributed by atoms with Gasteiger partial charge >= 0.3 is 0 Å². The molecule has 0 N–H and O–H groups in total. The van der Waals surface area contributed by atoms with Crippen molar-refractivity contribution in [2.45, 2.75) is 11.9 Å². The Bertz CT molecular complexity index is 513. The van der Waals surface area contributed by atoms with Gasteiger partial charge in [-0.1, -0.05) is 39.7 Å². The Morgan fingerprint density at radius 3 is 2.76 bits per heavy atom. The van der Waals surface area contributed by atoms with Crippen LogP contribution in [0.1, 0.15) is 10.4 Å². The lowest BCUT2D eigenvalue weighted by Gasteiger charge is -2.11. The highest BCUT2D eigenvalue weighted by atomic mass is 79.9. The van der Waals surface area contributed by atoms with Gasteiger partial charge in [-0.15, -0.1) is 11.3 Å². The van der Waals surface area contributed by atoms with Crippen LogP contribution in [0.25, 0.3) is 0 Å². The van der Waals surface area contributed by atoms with Crippen LogP contribution in [0, 0.1) is 0 Å². The van der Waals surface area contributed by atoms with Crippen LogP contribution in [-0.2, 0) is 11.9 Å². The maximum Gasteiger partial charge on any atom is 0.142 e. The van der Waals surface area contributed by atoms with E-state index in [1.807, 2.05) is 29.6 Å². The van der Waals surface area contributed by atoms with E-state index in [0.717, 1.165) is 26.0 Å². The molecule has 0 bridgehead atoms. The fraction of sp³-hybridized carbons (Fsp3) is 0.167. The maximum atomic E-state index is 6.13. The lowest BCUT2D eigenvalue weighted by Crippen LogP contribution is -1.97. The molecule has 0 amide bonds. The minimum absolute atomic E-state index is 0.530. The quantitative estimate of drug-likeness (QED) is 0.608. The molecule has 2 rings (SSSR count). The van der Waals surface area contributed by atoms with Crippen LogP contribution in [0.4, 0.5) is 0 Å². The van der Waals surface area contributed by atoms with Crippen molar-refractivity contribution >= 4 is 54.8 Å². The molecule has 0 unspecified atom stereocenters. The van der Waals surface area contributed by atoms with Crippen LogP contribution < -0.4 is 4.74 Å². The average molecular weight is 397 g/mol. The second-order valence-corrected chi connectivity index (χ2v) is 6.17. The number of ether oxygens (including phenoxy) is 1. The molecule has 17 heavy (non-hydrogen) atoms. The average Bonchev–Trinajstić information content (AvgIpc) is 2.73. The highest BCUT2D eigenvalue weighted by molar-refractivity contribution is 9.10. The Kier molecular flexibility index (Phi) is 4.91. The summed E-state index contributed by atoms with van der Waals surface area (Å²) in [5, 5.41) is 3.41. The van der Waals surface area contributed by atoms with Crippen LogP contribution in [0.3, 0.4) is 0 Å². The third kappa shape index (κ3) is 3.25. The minimum atomic E-state index is 0.530. The normalized spacial score (nSPS) is 10.5. The summed E-state index contributed by atoms with van der Waals surface area (Å²) >= 11 is 14.7. The van der Waals surface area contributed by atoms with Crippen LogP contribution >= 0.6 is 54.8 Å². The number of hydrogen-bond donors (Lipinski definition) is 0. The third-order valence-corrected chi connectivity index (χ3v) is 5.03. The van der Waals surface area contributed by atoms with Crippen molar-refractivity contribution in [3.05, 3.63) is 49.6 Å². The smallest absolute Gasteiger partial charge is 0.142 e. The Morgan fingerprint density at radius 2 is 2.12 bits per heavy atom. The summed E-state index contributed by atoms with van der Waals surface area (Å²) in [6.45, 7) is 0.530. The van der Waals surface area contributed by atoms with Gasteiger partial charge in [-0.05, 0) is 33.4 Å². The second-order valence-electron chi connectivity index (χ2n) is 3.34. The molecule has 0 saturated carbocycles. The van der Waals surface area contributed by atoms with Gasteiger partial charge in [0.1, 0.15) is 12.4 Å². The number of alkyl halides is 1. The first-order valence-corrected chi connectivity index (χ1v) is 8.07. The largest absolute Gasteiger partial charge is 0.486 e. The van der Waals surface area contributed by atoms with Crippen molar-refractivity contribution in [1.29, 1.82) is 0 Å². The monoisotopic (exact) mass is 394 g/mol. The fourth-order valence-corrected chi connectivity index (χ4v) is 3.45. The minimum Gasteiger partial charge on any atom is -0.486 e. The maximum absolute atomic E-state index is 6.13. The van der Waals surface area contributed by atoms with Gasteiger partial charge in [0.25, 0.3) is 0 Å². The number of thiophene rings is 1. The van der Waals surface area contributed by atoms with E-state index in [4.69, 9.17) is 16.3 Å². The zero-order valence-corrected chi connectivity index (χ0v) is 13.5. The van der Waals surface area contributed by atoms with Crippen molar-refractivity contribution in [1.82, 2.24) is 0 Å². The van der Waals surface area contributed by atoms with E-state index in [9.17, 15) is 0 Å². The Hall–Kier alpha value is -0.0300. The molecule has 1 heterocycles. The predicted octanol–water partition coefficient (Wildman–Crippen LogP) is 5.64. The Labute approximate surface area is 126 Å². The molecule has 1 aromatic heterocycles. The first-order valence-electron chi connectivity index (χ1n) is 4.90. The molecule has 0 saturated heterocycles. The van der Waals surface area contributed by atoms with Crippen molar-refractivity contribution in [3.63, 3.8) is 0 Å². The third-order valence-electron chi connectivity index (χ3n) is 2.23.